The van der Waals surface area contributed by atoms with E-state index in [4.69, 9.17) is 20.4 Å². The van der Waals surface area contributed by atoms with Gasteiger partial charge in [-0.05, 0) is 32.1 Å². The van der Waals surface area contributed by atoms with Crippen LogP contribution in [0.25, 0.3) is 0 Å². The van der Waals surface area contributed by atoms with Gasteiger partial charge in [0.1, 0.15) is 12.2 Å². The van der Waals surface area contributed by atoms with Gasteiger partial charge in [0, 0.05) is 0 Å². The number of hydrogen-bond acceptors (Lipinski definition) is 4. The van der Waals surface area contributed by atoms with Crippen molar-refractivity contribution in [3.63, 3.8) is 0 Å². The maximum absolute atomic E-state index is 10.3. The number of aliphatic hydroxyl groups is 1. The fraction of sp³-hybridized carbons (Fsp3) is 0.421. The van der Waals surface area contributed by atoms with E-state index in [-0.39, 0.29) is 0 Å². The van der Waals surface area contributed by atoms with Gasteiger partial charge in [-0.3, -0.25) is 14.1 Å². The minimum absolute atomic E-state index is 0.909. The smallest absolute Gasteiger partial charge is 0.336 e. The highest BCUT2D eigenvalue weighted by atomic mass is 16.4. The standard InChI is InChI=1S/C13H20N.C6H8O7/c1-12(2)10-11-14(3,4)13-8-6-5-7-9-13;7-3(8)1-6(13,5(11)12)2-4(9)10/h5-10H,11H2,1-4H3;13H,1-2H2,(H,7,8)(H,9,10)(H,11,12)/q+1;. The number of hydrogen-bond donors (Lipinski definition) is 4. The molecule has 0 saturated carbocycles. The van der Waals surface area contributed by atoms with Crippen LogP contribution in [-0.2, 0) is 14.4 Å². The Morgan fingerprint density at radius 3 is 1.74 bits per heavy atom. The lowest BCUT2D eigenvalue weighted by molar-refractivity contribution is -0.170. The number of carboxylic acid groups (broad SMARTS) is 3. The third-order valence-electron chi connectivity index (χ3n) is 3.70. The molecule has 0 atom stereocenters. The van der Waals surface area contributed by atoms with Gasteiger partial charge in [0.05, 0.1) is 26.9 Å². The van der Waals surface area contributed by atoms with Crippen molar-refractivity contribution in [2.24, 2.45) is 0 Å². The van der Waals surface area contributed by atoms with Crippen LogP contribution in [0.2, 0.25) is 0 Å². The van der Waals surface area contributed by atoms with Gasteiger partial charge in [-0.2, -0.15) is 0 Å². The average molecular weight is 382 g/mol. The molecule has 8 nitrogen and oxygen atoms in total. The minimum atomic E-state index is -2.74. The van der Waals surface area contributed by atoms with Crippen LogP contribution in [0.5, 0.6) is 0 Å². The fourth-order valence-corrected chi connectivity index (χ4v) is 2.06. The normalized spacial score (nSPS) is 11.0. The largest absolute Gasteiger partial charge is 0.481 e. The Labute approximate surface area is 158 Å². The lowest BCUT2D eigenvalue weighted by Gasteiger charge is -2.28. The topological polar surface area (TPSA) is 132 Å². The first kappa shape index (κ1) is 24.3. The van der Waals surface area contributed by atoms with E-state index in [0.29, 0.717) is 0 Å². The molecule has 8 heteroatoms. The summed E-state index contributed by atoms with van der Waals surface area (Å²) >= 11 is 0. The van der Waals surface area contributed by atoms with E-state index in [1.54, 1.807) is 0 Å². The summed E-state index contributed by atoms with van der Waals surface area (Å²) in [6, 6.07) is 10.6. The van der Waals surface area contributed by atoms with Gasteiger partial charge in [-0.25, -0.2) is 4.79 Å². The zero-order chi connectivity index (χ0) is 21.3. The van der Waals surface area contributed by atoms with Crippen molar-refractivity contribution < 1.29 is 34.8 Å². The Kier molecular flexibility index (Phi) is 9.39. The number of allylic oxidation sites excluding steroid dienone is 1. The minimum Gasteiger partial charge on any atom is -0.481 e. The molecule has 0 bridgehead atoms. The predicted molar refractivity (Wildman–Crippen MR) is 101 cm³/mol. The molecule has 0 aliphatic rings. The van der Waals surface area contributed by atoms with E-state index in [0.717, 1.165) is 11.0 Å². The van der Waals surface area contributed by atoms with E-state index in [2.05, 4.69) is 64.4 Å². The van der Waals surface area contributed by atoms with E-state index in [9.17, 15) is 14.4 Å². The van der Waals surface area contributed by atoms with Crippen LogP contribution in [0.15, 0.2) is 42.0 Å². The van der Waals surface area contributed by atoms with E-state index < -0.39 is 36.4 Å². The Morgan fingerprint density at radius 1 is 0.963 bits per heavy atom. The van der Waals surface area contributed by atoms with Crippen molar-refractivity contribution in [1.29, 1.82) is 0 Å². The van der Waals surface area contributed by atoms with Crippen molar-refractivity contribution in [2.75, 3.05) is 20.6 Å². The SMILES string of the molecule is CC(C)=CC[N+](C)(C)c1ccccc1.O=C(O)CC(O)(CC(=O)O)C(=O)O. The van der Waals surface area contributed by atoms with E-state index in [1.165, 1.54) is 11.3 Å². The fourth-order valence-electron chi connectivity index (χ4n) is 2.06. The molecule has 0 aliphatic carbocycles. The van der Waals surface area contributed by atoms with Gasteiger partial charge in [0.2, 0.25) is 0 Å². The first-order valence-corrected chi connectivity index (χ1v) is 8.21. The molecule has 0 aliphatic heterocycles. The summed E-state index contributed by atoms with van der Waals surface area (Å²) in [5, 5.41) is 33.8. The maximum Gasteiger partial charge on any atom is 0.336 e. The van der Waals surface area contributed by atoms with Gasteiger partial charge >= 0.3 is 17.9 Å². The molecular formula is C19H28NO7+. The summed E-state index contributed by atoms with van der Waals surface area (Å²) in [5.41, 5.74) is -0.00497. The van der Waals surface area contributed by atoms with Gasteiger partial charge < -0.3 is 20.4 Å². The van der Waals surface area contributed by atoms with Gasteiger partial charge in [-0.1, -0.05) is 23.8 Å². The van der Waals surface area contributed by atoms with Crippen LogP contribution in [-0.4, -0.2) is 64.6 Å². The van der Waals surface area contributed by atoms with Crippen molar-refractivity contribution in [2.45, 2.75) is 32.3 Å². The molecule has 0 amide bonds. The molecule has 150 valence electrons. The Morgan fingerprint density at radius 2 is 1.41 bits per heavy atom. The molecule has 0 spiro atoms. The lowest BCUT2D eigenvalue weighted by atomic mass is 9.96. The molecule has 0 aromatic heterocycles. The van der Waals surface area contributed by atoms with Crippen LogP contribution in [0.1, 0.15) is 26.7 Å². The summed E-state index contributed by atoms with van der Waals surface area (Å²) in [5.74, 6) is -5.02. The monoisotopic (exact) mass is 382 g/mol. The molecule has 0 fully saturated rings. The number of aliphatic carboxylic acids is 3. The number of nitrogens with zero attached hydrogens (tertiary/aromatic N) is 1. The van der Waals surface area contributed by atoms with Crippen LogP contribution in [0.3, 0.4) is 0 Å². The van der Waals surface area contributed by atoms with E-state index >= 15 is 0 Å². The number of rotatable bonds is 8. The Balaban J connectivity index is 0.000000503. The van der Waals surface area contributed by atoms with Crippen molar-refractivity contribution in [3.8, 4) is 0 Å². The van der Waals surface area contributed by atoms with Crippen molar-refractivity contribution in [1.82, 2.24) is 4.48 Å². The van der Waals surface area contributed by atoms with Gasteiger partial charge in [-0.15, -0.1) is 0 Å². The van der Waals surface area contributed by atoms with Crippen LogP contribution in [0, 0.1) is 0 Å². The summed E-state index contributed by atoms with van der Waals surface area (Å²) in [6.45, 7) is 5.34. The predicted octanol–water partition coefficient (Wildman–Crippen LogP) is 1.97. The molecular weight excluding hydrogens is 354 g/mol. The second kappa shape index (κ2) is 10.4. The third-order valence-corrected chi connectivity index (χ3v) is 3.70. The molecule has 1 aromatic rings. The summed E-state index contributed by atoms with van der Waals surface area (Å²) in [6.07, 6.45) is -0.00370. The van der Waals surface area contributed by atoms with Crippen LogP contribution >= 0.6 is 0 Å². The number of likely N-dealkylation sites (N-methyl/N-ethyl adjacent to an activating group) is 1. The summed E-state index contributed by atoms with van der Waals surface area (Å²) in [7, 11) is 4.46. The van der Waals surface area contributed by atoms with E-state index in [1.807, 2.05) is 0 Å². The van der Waals surface area contributed by atoms with Crippen molar-refractivity contribution in [3.05, 3.63) is 42.0 Å². The first-order valence-electron chi connectivity index (χ1n) is 8.21. The molecule has 27 heavy (non-hydrogen) atoms. The highest BCUT2D eigenvalue weighted by molar-refractivity contribution is 5.88. The molecule has 0 radical (unpaired) electrons. The molecule has 0 heterocycles. The second-order valence-electron chi connectivity index (χ2n) is 6.96. The highest BCUT2D eigenvalue weighted by Gasteiger charge is 2.40. The Bertz CT molecular complexity index is 661. The quantitative estimate of drug-likeness (QED) is 0.399. The second-order valence-corrected chi connectivity index (χ2v) is 6.96. The number of benzene rings is 1. The maximum atomic E-state index is 10.3. The highest BCUT2D eigenvalue weighted by Crippen LogP contribution is 2.18. The average Bonchev–Trinajstić information content (AvgIpc) is 2.53. The van der Waals surface area contributed by atoms with Crippen LogP contribution in [0.4, 0.5) is 5.69 Å². The molecule has 1 rings (SSSR count). The Hall–Kier alpha value is -2.71. The number of para-hydroxylation sites is 1. The zero-order valence-corrected chi connectivity index (χ0v) is 16.0. The lowest BCUT2D eigenvalue weighted by Crippen LogP contribution is -2.42. The summed E-state index contributed by atoms with van der Waals surface area (Å²) in [4.78, 5) is 30.5. The van der Waals surface area contributed by atoms with Gasteiger partial charge in [0.15, 0.2) is 5.60 Å². The molecule has 1 aromatic carbocycles. The molecule has 4 N–H and O–H groups in total. The zero-order valence-electron chi connectivity index (χ0n) is 16.0. The number of carboxylic acids is 3. The molecule has 0 unspecified atom stereocenters. The third kappa shape index (κ3) is 9.53. The van der Waals surface area contributed by atoms with Crippen molar-refractivity contribution >= 4 is 23.6 Å². The number of carbonyl (C=O) groups is 3. The van der Waals surface area contributed by atoms with Crippen LogP contribution < -0.4 is 4.48 Å². The first-order chi connectivity index (χ1) is 12.3. The number of quaternary nitrogens is 1. The summed E-state index contributed by atoms with van der Waals surface area (Å²) < 4.78 is 0.909. The molecule has 0 saturated heterocycles. The van der Waals surface area contributed by atoms with Gasteiger partial charge in [0.25, 0.3) is 0 Å².